The van der Waals surface area contributed by atoms with Gasteiger partial charge in [-0.15, -0.1) is 0 Å². The van der Waals surface area contributed by atoms with Gasteiger partial charge >= 0.3 is 6.18 Å². The fourth-order valence-electron chi connectivity index (χ4n) is 4.05. The molecule has 4 rings (SSSR count). The number of hydrogen-bond acceptors (Lipinski definition) is 6. The minimum Gasteiger partial charge on any atom is -0.490 e. The Balaban J connectivity index is 1.44. The predicted molar refractivity (Wildman–Crippen MR) is 162 cm³/mol. The zero-order valence-corrected chi connectivity index (χ0v) is 24.7. The highest BCUT2D eigenvalue weighted by Gasteiger charge is 2.30. The number of nitrogens with one attached hydrogen (secondary N) is 1. The molecule has 0 aromatic heterocycles. The van der Waals surface area contributed by atoms with E-state index >= 15 is 0 Å². The Morgan fingerprint density at radius 1 is 0.795 bits per heavy atom. The molecular formula is C33H30ClF3N2O5. The van der Waals surface area contributed by atoms with Crippen LogP contribution in [0.3, 0.4) is 0 Å². The molecule has 0 atom stereocenters. The van der Waals surface area contributed by atoms with Crippen LogP contribution in [0.25, 0.3) is 0 Å². The predicted octanol–water partition coefficient (Wildman–Crippen LogP) is 8.08. The Kier molecular flexibility index (Phi) is 11.1. The number of alkyl halides is 3. The van der Waals surface area contributed by atoms with Gasteiger partial charge in [0.05, 0.1) is 30.0 Å². The number of halogens is 4. The molecule has 0 saturated heterocycles. The molecule has 0 heterocycles. The van der Waals surface area contributed by atoms with Crippen LogP contribution in [0.15, 0.2) is 90.0 Å². The second-order valence-electron chi connectivity index (χ2n) is 9.32. The van der Waals surface area contributed by atoms with Crippen LogP contribution in [0.1, 0.15) is 46.5 Å². The van der Waals surface area contributed by atoms with E-state index < -0.39 is 17.6 Å². The lowest BCUT2D eigenvalue weighted by atomic mass is 10.1. The largest absolute Gasteiger partial charge is 0.490 e. The van der Waals surface area contributed by atoms with Crippen molar-refractivity contribution < 1.29 is 36.9 Å². The first-order chi connectivity index (χ1) is 21.2. The lowest BCUT2D eigenvalue weighted by Gasteiger charge is -2.16. The molecule has 11 heteroatoms. The van der Waals surface area contributed by atoms with Gasteiger partial charge in [0.2, 0.25) is 0 Å². The monoisotopic (exact) mass is 626 g/mol. The highest BCUT2D eigenvalue weighted by atomic mass is 35.5. The Morgan fingerprint density at radius 2 is 1.52 bits per heavy atom. The summed E-state index contributed by atoms with van der Waals surface area (Å²) in [5.41, 5.74) is 3.42. The van der Waals surface area contributed by atoms with Gasteiger partial charge in [0.15, 0.2) is 23.0 Å². The van der Waals surface area contributed by atoms with Crippen molar-refractivity contribution in [3.63, 3.8) is 0 Å². The smallest absolute Gasteiger partial charge is 0.416 e. The van der Waals surface area contributed by atoms with Crippen molar-refractivity contribution in [3.8, 4) is 23.0 Å². The average Bonchev–Trinajstić information content (AvgIpc) is 3.00. The number of amides is 1. The van der Waals surface area contributed by atoms with Crippen LogP contribution in [0, 0.1) is 0 Å². The zero-order chi connectivity index (χ0) is 31.5. The molecule has 230 valence electrons. The second kappa shape index (κ2) is 15.2. The summed E-state index contributed by atoms with van der Waals surface area (Å²) >= 11 is 6.53. The molecule has 1 N–H and O–H groups in total. The van der Waals surface area contributed by atoms with Gasteiger partial charge in [0.25, 0.3) is 5.91 Å². The normalized spacial score (nSPS) is 11.3. The van der Waals surface area contributed by atoms with Crippen molar-refractivity contribution in [2.45, 2.75) is 33.2 Å². The van der Waals surface area contributed by atoms with Crippen LogP contribution in [0.4, 0.5) is 13.2 Å². The van der Waals surface area contributed by atoms with Crippen molar-refractivity contribution in [2.24, 2.45) is 5.10 Å². The van der Waals surface area contributed by atoms with Crippen molar-refractivity contribution >= 4 is 23.7 Å². The highest BCUT2D eigenvalue weighted by Crippen LogP contribution is 2.38. The standard InChI is InChI=1S/C33H30ClF3N2O5/c1-3-41-29-16-23(13-14-28(29)43-20-22-9-6-5-7-10-22)21-44-31-27(34)15-24(17-30(31)42-4-2)19-38-39-32(40)25-11-8-12-26(18-25)33(35,36)37/h5-19H,3-4,20-21H2,1-2H3,(H,39,40)/b38-19+. The molecule has 0 saturated carbocycles. The lowest BCUT2D eigenvalue weighted by molar-refractivity contribution is -0.137. The third kappa shape index (κ3) is 8.90. The number of hydrogen-bond donors (Lipinski definition) is 1. The van der Waals surface area contributed by atoms with Crippen LogP contribution in [0.5, 0.6) is 23.0 Å². The molecule has 4 aromatic rings. The molecule has 0 aliphatic heterocycles. The highest BCUT2D eigenvalue weighted by molar-refractivity contribution is 6.32. The molecule has 7 nitrogen and oxygen atoms in total. The summed E-state index contributed by atoms with van der Waals surface area (Å²) in [5, 5.41) is 4.09. The number of carbonyl (C=O) groups excluding carboxylic acids is 1. The number of nitrogens with zero attached hydrogens (tertiary/aromatic N) is 1. The summed E-state index contributed by atoms with van der Waals surface area (Å²) in [7, 11) is 0. The van der Waals surface area contributed by atoms with Gasteiger partial charge in [0, 0.05) is 5.56 Å². The van der Waals surface area contributed by atoms with E-state index in [1.165, 1.54) is 12.3 Å². The maximum atomic E-state index is 13.0. The molecule has 4 aromatic carbocycles. The zero-order valence-electron chi connectivity index (χ0n) is 24.0. The van der Waals surface area contributed by atoms with E-state index in [0.717, 1.165) is 29.3 Å². The molecule has 0 radical (unpaired) electrons. The van der Waals surface area contributed by atoms with Crippen molar-refractivity contribution in [1.82, 2.24) is 5.43 Å². The van der Waals surface area contributed by atoms with Crippen LogP contribution in [-0.2, 0) is 19.4 Å². The summed E-state index contributed by atoms with van der Waals surface area (Å²) < 4.78 is 62.5. The molecule has 1 amide bonds. The molecule has 0 aliphatic rings. The van der Waals surface area contributed by atoms with Crippen LogP contribution >= 0.6 is 11.6 Å². The SMILES string of the molecule is CCOc1cc(COc2c(Cl)cc(/C=N/NC(=O)c3cccc(C(F)(F)F)c3)cc2OCC)ccc1OCc1ccccc1. The van der Waals surface area contributed by atoms with Gasteiger partial charge in [-0.05, 0) is 73.0 Å². The van der Waals surface area contributed by atoms with Crippen molar-refractivity contribution in [3.05, 3.63) is 118 Å². The van der Waals surface area contributed by atoms with Crippen LogP contribution in [0.2, 0.25) is 5.02 Å². The Morgan fingerprint density at radius 3 is 2.25 bits per heavy atom. The first-order valence-corrected chi connectivity index (χ1v) is 14.1. The summed E-state index contributed by atoms with van der Waals surface area (Å²) in [5.74, 6) is 1.04. The Hall–Kier alpha value is -4.70. The van der Waals surface area contributed by atoms with Gasteiger partial charge in [-0.2, -0.15) is 18.3 Å². The molecule has 0 fully saturated rings. The molecule has 0 unspecified atom stereocenters. The number of benzene rings is 4. The first-order valence-electron chi connectivity index (χ1n) is 13.7. The first kappa shape index (κ1) is 32.2. The number of rotatable bonds is 13. The number of ether oxygens (including phenoxy) is 4. The quantitative estimate of drug-likeness (QED) is 0.120. The fourth-order valence-corrected chi connectivity index (χ4v) is 4.33. The summed E-state index contributed by atoms with van der Waals surface area (Å²) in [6.45, 7) is 5.02. The van der Waals surface area contributed by atoms with E-state index in [2.05, 4.69) is 10.5 Å². The van der Waals surface area contributed by atoms with Gasteiger partial charge < -0.3 is 18.9 Å². The van der Waals surface area contributed by atoms with Crippen LogP contribution in [-0.4, -0.2) is 25.3 Å². The Bertz CT molecular complexity index is 1600. The van der Waals surface area contributed by atoms with Crippen molar-refractivity contribution in [2.75, 3.05) is 13.2 Å². The van der Waals surface area contributed by atoms with E-state index in [1.807, 2.05) is 55.5 Å². The van der Waals surface area contributed by atoms with E-state index in [0.29, 0.717) is 48.4 Å². The van der Waals surface area contributed by atoms with E-state index in [1.54, 1.807) is 19.1 Å². The molecular weight excluding hydrogens is 597 g/mol. The third-order valence-electron chi connectivity index (χ3n) is 6.09. The maximum Gasteiger partial charge on any atom is 0.416 e. The van der Waals surface area contributed by atoms with E-state index in [4.69, 9.17) is 30.5 Å². The molecule has 0 bridgehead atoms. The molecule has 0 aliphatic carbocycles. The number of carbonyl (C=O) groups is 1. The second-order valence-corrected chi connectivity index (χ2v) is 9.72. The maximum absolute atomic E-state index is 13.0. The van der Waals surface area contributed by atoms with E-state index in [9.17, 15) is 18.0 Å². The van der Waals surface area contributed by atoms with Gasteiger partial charge in [-0.3, -0.25) is 4.79 Å². The summed E-state index contributed by atoms with van der Waals surface area (Å²) in [4.78, 5) is 12.3. The lowest BCUT2D eigenvalue weighted by Crippen LogP contribution is -2.18. The third-order valence-corrected chi connectivity index (χ3v) is 6.37. The summed E-state index contributed by atoms with van der Waals surface area (Å²) in [6.07, 6.45) is -3.27. The minimum absolute atomic E-state index is 0.152. The average molecular weight is 627 g/mol. The molecule has 44 heavy (non-hydrogen) atoms. The van der Waals surface area contributed by atoms with Gasteiger partial charge in [0.1, 0.15) is 13.2 Å². The topological polar surface area (TPSA) is 78.4 Å². The van der Waals surface area contributed by atoms with Crippen molar-refractivity contribution in [1.29, 1.82) is 0 Å². The van der Waals surface area contributed by atoms with Gasteiger partial charge in [-0.1, -0.05) is 54.1 Å². The fraction of sp³-hybridized carbons (Fsp3) is 0.212. The van der Waals surface area contributed by atoms with E-state index in [-0.39, 0.29) is 17.2 Å². The van der Waals surface area contributed by atoms with Gasteiger partial charge in [-0.25, -0.2) is 5.43 Å². The summed E-state index contributed by atoms with van der Waals surface area (Å²) in [6, 6.07) is 22.6. The molecule has 0 spiro atoms. The number of hydrazone groups is 1. The van der Waals surface area contributed by atoms with Crippen LogP contribution < -0.4 is 24.4 Å². The Labute approximate surface area is 258 Å². The minimum atomic E-state index is -4.57.